The second-order valence-electron chi connectivity index (χ2n) is 4.82. The Hall–Kier alpha value is -1.81. The molecule has 1 fully saturated rings. The van der Waals surface area contributed by atoms with E-state index in [0.29, 0.717) is 5.88 Å². The number of nitrogens with zero attached hydrogens (tertiary/aromatic N) is 2. The highest BCUT2D eigenvalue weighted by atomic mass is 16.5. The number of methoxy groups -OCH3 is 1. The summed E-state index contributed by atoms with van der Waals surface area (Å²) in [4.78, 5) is 6.70. The Morgan fingerprint density at radius 1 is 1.21 bits per heavy atom. The Morgan fingerprint density at radius 2 is 2.16 bits per heavy atom. The molecular formula is C15H19N3O. The molecule has 1 N–H and O–H groups in total. The lowest BCUT2D eigenvalue weighted by molar-refractivity contribution is 0.403. The van der Waals surface area contributed by atoms with Crippen LogP contribution in [0.4, 0.5) is 5.69 Å². The van der Waals surface area contributed by atoms with Crippen LogP contribution in [0.1, 0.15) is 6.42 Å². The number of fused-ring (bicyclic) bond motifs is 1. The minimum absolute atomic E-state index is 0.701. The topological polar surface area (TPSA) is 37.4 Å². The summed E-state index contributed by atoms with van der Waals surface area (Å²) >= 11 is 0. The van der Waals surface area contributed by atoms with Crippen LogP contribution in [0.5, 0.6) is 5.88 Å². The van der Waals surface area contributed by atoms with Gasteiger partial charge in [0.1, 0.15) is 0 Å². The number of hydrogen-bond donors (Lipinski definition) is 1. The summed E-state index contributed by atoms with van der Waals surface area (Å²) < 4.78 is 5.35. The van der Waals surface area contributed by atoms with Crippen LogP contribution in [0, 0.1) is 0 Å². The fourth-order valence-corrected chi connectivity index (χ4v) is 2.59. The van der Waals surface area contributed by atoms with Gasteiger partial charge in [-0.15, -0.1) is 0 Å². The van der Waals surface area contributed by atoms with E-state index in [4.69, 9.17) is 4.74 Å². The van der Waals surface area contributed by atoms with E-state index < -0.39 is 0 Å². The lowest BCUT2D eigenvalue weighted by Gasteiger charge is -2.22. The molecule has 0 atom stereocenters. The van der Waals surface area contributed by atoms with E-state index in [0.717, 1.165) is 31.6 Å². The molecule has 0 bridgehead atoms. The highest BCUT2D eigenvalue weighted by molar-refractivity contribution is 5.89. The number of rotatable bonds is 2. The van der Waals surface area contributed by atoms with E-state index in [-0.39, 0.29) is 0 Å². The van der Waals surface area contributed by atoms with Crippen molar-refractivity contribution in [3.63, 3.8) is 0 Å². The highest BCUT2D eigenvalue weighted by Gasteiger charge is 2.11. The largest absolute Gasteiger partial charge is 0.481 e. The molecule has 1 aromatic carbocycles. The number of hydrogen-bond acceptors (Lipinski definition) is 4. The van der Waals surface area contributed by atoms with Crippen molar-refractivity contribution in [2.75, 3.05) is 38.2 Å². The highest BCUT2D eigenvalue weighted by Crippen LogP contribution is 2.27. The molecule has 0 spiro atoms. The van der Waals surface area contributed by atoms with Crippen LogP contribution in [0.25, 0.3) is 10.8 Å². The second kappa shape index (κ2) is 5.45. The van der Waals surface area contributed by atoms with E-state index in [1.807, 2.05) is 6.07 Å². The maximum absolute atomic E-state index is 5.35. The lowest BCUT2D eigenvalue weighted by atomic mass is 10.1. The van der Waals surface area contributed by atoms with Gasteiger partial charge < -0.3 is 15.0 Å². The molecule has 4 heteroatoms. The van der Waals surface area contributed by atoms with Crippen molar-refractivity contribution < 1.29 is 4.74 Å². The Bertz CT molecular complexity index is 562. The summed E-state index contributed by atoms with van der Waals surface area (Å²) in [6.45, 7) is 4.30. The molecule has 0 radical (unpaired) electrons. The molecule has 0 aliphatic carbocycles. The van der Waals surface area contributed by atoms with Gasteiger partial charge in [0, 0.05) is 36.9 Å². The van der Waals surface area contributed by atoms with Crippen LogP contribution in [-0.4, -0.2) is 38.3 Å². The van der Waals surface area contributed by atoms with Gasteiger partial charge in [0.05, 0.1) is 7.11 Å². The van der Waals surface area contributed by atoms with Gasteiger partial charge in [0.2, 0.25) is 5.88 Å². The molecule has 0 unspecified atom stereocenters. The number of aromatic nitrogens is 1. The zero-order valence-electron chi connectivity index (χ0n) is 11.2. The Labute approximate surface area is 113 Å². The molecule has 2 heterocycles. The van der Waals surface area contributed by atoms with Crippen LogP contribution >= 0.6 is 0 Å². The summed E-state index contributed by atoms with van der Waals surface area (Å²) in [6.07, 6.45) is 2.97. The first-order valence-corrected chi connectivity index (χ1v) is 6.77. The fourth-order valence-electron chi connectivity index (χ4n) is 2.59. The van der Waals surface area contributed by atoms with Crippen LogP contribution in [0.15, 0.2) is 30.5 Å². The number of nitrogens with one attached hydrogen (secondary N) is 1. The van der Waals surface area contributed by atoms with Gasteiger partial charge in [-0.2, -0.15) is 0 Å². The first-order chi connectivity index (χ1) is 9.38. The second-order valence-corrected chi connectivity index (χ2v) is 4.82. The first-order valence-electron chi connectivity index (χ1n) is 6.77. The van der Waals surface area contributed by atoms with E-state index >= 15 is 0 Å². The predicted molar refractivity (Wildman–Crippen MR) is 78.0 cm³/mol. The lowest BCUT2D eigenvalue weighted by Crippen LogP contribution is -2.27. The summed E-state index contributed by atoms with van der Waals surface area (Å²) in [7, 11) is 1.67. The minimum atomic E-state index is 0.701. The van der Waals surface area contributed by atoms with Gasteiger partial charge in [0.15, 0.2) is 0 Å². The first kappa shape index (κ1) is 12.2. The van der Waals surface area contributed by atoms with Crippen LogP contribution in [0.3, 0.4) is 0 Å². The van der Waals surface area contributed by atoms with E-state index in [9.17, 15) is 0 Å². The number of pyridine rings is 1. The molecule has 1 saturated heterocycles. The van der Waals surface area contributed by atoms with Crippen molar-refractivity contribution in [2.24, 2.45) is 0 Å². The Balaban J connectivity index is 1.99. The molecule has 19 heavy (non-hydrogen) atoms. The molecule has 4 nitrogen and oxygen atoms in total. The van der Waals surface area contributed by atoms with Crippen molar-refractivity contribution in [2.45, 2.75) is 6.42 Å². The number of ether oxygens (including phenoxy) is 1. The van der Waals surface area contributed by atoms with Gasteiger partial charge >= 0.3 is 0 Å². The molecule has 1 aliphatic heterocycles. The molecular weight excluding hydrogens is 238 g/mol. The molecule has 1 aromatic heterocycles. The summed E-state index contributed by atoms with van der Waals surface area (Å²) in [5.74, 6) is 0.701. The fraction of sp³-hybridized carbons (Fsp3) is 0.400. The average Bonchev–Trinajstić information content (AvgIpc) is 2.75. The van der Waals surface area contributed by atoms with Crippen molar-refractivity contribution in [1.82, 2.24) is 10.3 Å². The third-order valence-corrected chi connectivity index (χ3v) is 3.61. The number of anilines is 1. The molecule has 0 saturated carbocycles. The van der Waals surface area contributed by atoms with Crippen LogP contribution < -0.4 is 15.0 Å². The molecule has 2 aromatic rings. The van der Waals surface area contributed by atoms with Crippen molar-refractivity contribution in [1.29, 1.82) is 0 Å². The maximum Gasteiger partial charge on any atom is 0.221 e. The smallest absolute Gasteiger partial charge is 0.221 e. The SMILES string of the molecule is COc1nccc2ccc(N3CCCNCC3)cc12. The van der Waals surface area contributed by atoms with Crippen molar-refractivity contribution >= 4 is 16.5 Å². The van der Waals surface area contributed by atoms with E-state index in [2.05, 4.69) is 33.4 Å². The molecule has 0 amide bonds. The maximum atomic E-state index is 5.35. The van der Waals surface area contributed by atoms with E-state index in [1.54, 1.807) is 13.3 Å². The molecule has 100 valence electrons. The molecule has 3 rings (SSSR count). The van der Waals surface area contributed by atoms with Gasteiger partial charge in [-0.3, -0.25) is 0 Å². The van der Waals surface area contributed by atoms with E-state index in [1.165, 1.54) is 17.5 Å². The Kier molecular flexibility index (Phi) is 3.51. The summed E-state index contributed by atoms with van der Waals surface area (Å²) in [5, 5.41) is 5.68. The zero-order chi connectivity index (χ0) is 13.1. The summed E-state index contributed by atoms with van der Waals surface area (Å²) in [5.41, 5.74) is 1.25. The van der Waals surface area contributed by atoms with Crippen molar-refractivity contribution in [3.05, 3.63) is 30.5 Å². The van der Waals surface area contributed by atoms with Gasteiger partial charge in [-0.25, -0.2) is 4.98 Å². The number of benzene rings is 1. The summed E-state index contributed by atoms with van der Waals surface area (Å²) in [6, 6.07) is 8.54. The van der Waals surface area contributed by atoms with Crippen molar-refractivity contribution in [3.8, 4) is 5.88 Å². The third-order valence-electron chi connectivity index (χ3n) is 3.61. The predicted octanol–water partition coefficient (Wildman–Crippen LogP) is 2.04. The minimum Gasteiger partial charge on any atom is -0.481 e. The quantitative estimate of drug-likeness (QED) is 0.893. The standard InChI is InChI=1S/C15H19N3O/c1-19-15-14-11-13(4-3-12(14)5-7-17-15)18-9-2-6-16-8-10-18/h3-5,7,11,16H,2,6,8-10H2,1H3. The van der Waals surface area contributed by atoms with Gasteiger partial charge in [-0.1, -0.05) is 6.07 Å². The van der Waals surface area contributed by atoms with Gasteiger partial charge in [0.25, 0.3) is 0 Å². The third kappa shape index (κ3) is 2.49. The zero-order valence-corrected chi connectivity index (χ0v) is 11.2. The van der Waals surface area contributed by atoms with Crippen LogP contribution in [0.2, 0.25) is 0 Å². The Morgan fingerprint density at radius 3 is 3.05 bits per heavy atom. The van der Waals surface area contributed by atoms with Gasteiger partial charge in [-0.05, 0) is 36.6 Å². The normalized spacial score (nSPS) is 16.4. The molecule has 1 aliphatic rings. The van der Waals surface area contributed by atoms with Crippen LogP contribution in [-0.2, 0) is 0 Å². The monoisotopic (exact) mass is 257 g/mol. The average molecular weight is 257 g/mol.